The molecule has 0 saturated carbocycles. The molecule has 0 aromatic heterocycles. The van der Waals surface area contributed by atoms with Crippen LogP contribution in [0.2, 0.25) is 0 Å². The van der Waals surface area contributed by atoms with Crippen LogP contribution in [-0.4, -0.2) is 43.3 Å². The van der Waals surface area contributed by atoms with E-state index in [0.717, 1.165) is 6.42 Å². The summed E-state index contributed by atoms with van der Waals surface area (Å²) in [5, 5.41) is 11.5. The first-order valence-electron chi connectivity index (χ1n) is 7.12. The lowest BCUT2D eigenvalue weighted by Crippen LogP contribution is -2.33. The number of methoxy groups -OCH3 is 1. The fraction of sp³-hybridized carbons (Fsp3) is 0.857. The monoisotopic (exact) mass is 288 g/mol. The van der Waals surface area contributed by atoms with Gasteiger partial charge in [-0.3, -0.25) is 9.59 Å². The number of carboxylic acid groups (broad SMARTS) is 1. The van der Waals surface area contributed by atoms with Gasteiger partial charge in [-0.05, 0) is 24.7 Å². The number of carboxylic acids is 1. The first-order valence-corrected chi connectivity index (χ1v) is 7.12. The van der Waals surface area contributed by atoms with Crippen LogP contribution >= 0.6 is 0 Å². The minimum atomic E-state index is -0.773. The zero-order chi connectivity index (χ0) is 15.5. The van der Waals surface area contributed by atoms with E-state index >= 15 is 0 Å². The molecule has 0 aliphatic heterocycles. The summed E-state index contributed by atoms with van der Waals surface area (Å²) in [7, 11) is 1.53. The normalized spacial score (nSPS) is 14.1. The van der Waals surface area contributed by atoms with Crippen LogP contribution < -0.4 is 11.1 Å². The Hall–Kier alpha value is -1.14. The molecule has 2 unspecified atom stereocenters. The molecule has 1 amide bonds. The standard InChI is InChI=1S/C14H28N2O4/c1-10(2)11(4-5-14(18)19)6-7-16-13(17)8-12(9-15)20-3/h10-12H,4-9,15H2,1-3H3,(H,16,17)(H,18,19). The molecule has 0 bridgehead atoms. The van der Waals surface area contributed by atoms with Crippen molar-refractivity contribution >= 4 is 11.9 Å². The third-order valence-corrected chi connectivity index (χ3v) is 3.52. The van der Waals surface area contributed by atoms with Crippen molar-refractivity contribution in [1.29, 1.82) is 0 Å². The summed E-state index contributed by atoms with van der Waals surface area (Å²) in [6.07, 6.45) is 1.62. The number of nitrogens with two attached hydrogens (primary N) is 1. The van der Waals surface area contributed by atoms with Crippen molar-refractivity contribution in [3.05, 3.63) is 0 Å². The summed E-state index contributed by atoms with van der Waals surface area (Å²) in [4.78, 5) is 22.2. The molecule has 4 N–H and O–H groups in total. The SMILES string of the molecule is COC(CN)CC(=O)NCCC(CCC(=O)O)C(C)C. The lowest BCUT2D eigenvalue weighted by Gasteiger charge is -2.20. The second-order valence-electron chi connectivity index (χ2n) is 5.37. The highest BCUT2D eigenvalue weighted by molar-refractivity contribution is 5.76. The highest BCUT2D eigenvalue weighted by Gasteiger charge is 2.16. The minimum absolute atomic E-state index is 0.0805. The Kier molecular flexibility index (Phi) is 10.0. The zero-order valence-corrected chi connectivity index (χ0v) is 12.7. The fourth-order valence-corrected chi connectivity index (χ4v) is 2.06. The molecule has 0 saturated heterocycles. The Balaban J connectivity index is 3.98. The number of hydrogen-bond donors (Lipinski definition) is 3. The van der Waals surface area contributed by atoms with Crippen LogP contribution in [0.1, 0.15) is 39.5 Å². The first kappa shape index (κ1) is 18.9. The third kappa shape index (κ3) is 8.87. The second kappa shape index (κ2) is 10.6. The zero-order valence-electron chi connectivity index (χ0n) is 12.7. The summed E-state index contributed by atoms with van der Waals surface area (Å²) < 4.78 is 5.05. The average molecular weight is 288 g/mol. The van der Waals surface area contributed by atoms with Crippen molar-refractivity contribution in [3.8, 4) is 0 Å². The van der Waals surface area contributed by atoms with E-state index < -0.39 is 5.97 Å². The third-order valence-electron chi connectivity index (χ3n) is 3.52. The maximum Gasteiger partial charge on any atom is 0.303 e. The molecule has 0 aliphatic carbocycles. The molecular weight excluding hydrogens is 260 g/mol. The van der Waals surface area contributed by atoms with Gasteiger partial charge in [-0.1, -0.05) is 13.8 Å². The number of carbonyl (C=O) groups excluding carboxylic acids is 1. The van der Waals surface area contributed by atoms with Gasteiger partial charge >= 0.3 is 5.97 Å². The smallest absolute Gasteiger partial charge is 0.303 e. The van der Waals surface area contributed by atoms with Crippen LogP contribution in [0.25, 0.3) is 0 Å². The average Bonchev–Trinajstić information content (AvgIpc) is 2.39. The summed E-state index contributed by atoms with van der Waals surface area (Å²) in [6, 6.07) is 0. The number of rotatable bonds is 11. The molecule has 6 heteroatoms. The Bertz CT molecular complexity index is 291. The molecule has 0 aromatic rings. The quantitative estimate of drug-likeness (QED) is 0.526. The van der Waals surface area contributed by atoms with Gasteiger partial charge in [0.1, 0.15) is 0 Å². The lowest BCUT2D eigenvalue weighted by molar-refractivity contribution is -0.137. The first-order chi connectivity index (χ1) is 9.40. The van der Waals surface area contributed by atoms with Gasteiger partial charge in [-0.25, -0.2) is 0 Å². The van der Waals surface area contributed by atoms with E-state index in [2.05, 4.69) is 19.2 Å². The topological polar surface area (TPSA) is 102 Å². The Morgan fingerprint density at radius 2 is 1.95 bits per heavy atom. The summed E-state index contributed by atoms with van der Waals surface area (Å²) >= 11 is 0. The minimum Gasteiger partial charge on any atom is -0.481 e. The van der Waals surface area contributed by atoms with Crippen LogP contribution in [0.4, 0.5) is 0 Å². The summed E-state index contributed by atoms with van der Waals surface area (Å²) in [6.45, 7) is 5.02. The van der Waals surface area contributed by atoms with Crippen molar-refractivity contribution < 1.29 is 19.4 Å². The van der Waals surface area contributed by atoms with Gasteiger partial charge in [0.25, 0.3) is 0 Å². The van der Waals surface area contributed by atoms with Crippen LogP contribution in [0.3, 0.4) is 0 Å². The molecule has 6 nitrogen and oxygen atoms in total. The van der Waals surface area contributed by atoms with Crippen molar-refractivity contribution in [2.24, 2.45) is 17.6 Å². The van der Waals surface area contributed by atoms with Crippen molar-refractivity contribution in [1.82, 2.24) is 5.32 Å². The van der Waals surface area contributed by atoms with Gasteiger partial charge in [-0.2, -0.15) is 0 Å². The van der Waals surface area contributed by atoms with E-state index in [1.165, 1.54) is 7.11 Å². The molecule has 118 valence electrons. The number of aliphatic carboxylic acids is 1. The molecule has 0 heterocycles. The number of amides is 1. The summed E-state index contributed by atoms with van der Waals surface area (Å²) in [5.74, 6) is -0.144. The second-order valence-corrected chi connectivity index (χ2v) is 5.37. The molecule has 0 spiro atoms. The largest absolute Gasteiger partial charge is 0.481 e. The van der Waals surface area contributed by atoms with Gasteiger partial charge in [0, 0.05) is 26.6 Å². The van der Waals surface area contributed by atoms with E-state index in [1.807, 2.05) is 0 Å². The maximum absolute atomic E-state index is 11.6. The molecule has 2 atom stereocenters. The highest BCUT2D eigenvalue weighted by atomic mass is 16.5. The van der Waals surface area contributed by atoms with Gasteiger partial charge in [0.2, 0.25) is 5.91 Å². The van der Waals surface area contributed by atoms with Gasteiger partial charge in [0.15, 0.2) is 0 Å². The number of ether oxygens (including phenoxy) is 1. The predicted molar refractivity (Wildman–Crippen MR) is 77.3 cm³/mol. The van der Waals surface area contributed by atoms with Crippen LogP contribution in [0.15, 0.2) is 0 Å². The molecule has 20 heavy (non-hydrogen) atoms. The Morgan fingerprint density at radius 3 is 2.40 bits per heavy atom. The molecule has 0 rings (SSSR count). The molecule has 0 radical (unpaired) electrons. The molecule has 0 aliphatic rings. The predicted octanol–water partition coefficient (Wildman–Crippen LogP) is 0.994. The summed E-state index contributed by atoms with van der Waals surface area (Å²) in [5.41, 5.74) is 5.46. The Morgan fingerprint density at radius 1 is 1.30 bits per heavy atom. The van der Waals surface area contributed by atoms with Gasteiger partial charge < -0.3 is 20.9 Å². The van der Waals surface area contributed by atoms with Crippen LogP contribution in [0.5, 0.6) is 0 Å². The van der Waals surface area contributed by atoms with E-state index in [4.69, 9.17) is 15.6 Å². The Labute approximate surface area is 121 Å². The maximum atomic E-state index is 11.6. The number of hydrogen-bond acceptors (Lipinski definition) is 4. The van der Waals surface area contributed by atoms with Gasteiger partial charge in [0.05, 0.1) is 12.5 Å². The molecule has 0 aromatic carbocycles. The highest BCUT2D eigenvalue weighted by Crippen LogP contribution is 2.20. The van der Waals surface area contributed by atoms with E-state index in [0.29, 0.717) is 31.3 Å². The van der Waals surface area contributed by atoms with E-state index in [9.17, 15) is 9.59 Å². The number of carbonyl (C=O) groups is 2. The van der Waals surface area contributed by atoms with Crippen molar-refractivity contribution in [2.45, 2.75) is 45.6 Å². The van der Waals surface area contributed by atoms with Crippen molar-refractivity contribution in [2.75, 3.05) is 20.2 Å². The fourth-order valence-electron chi connectivity index (χ4n) is 2.06. The lowest BCUT2D eigenvalue weighted by atomic mass is 9.88. The van der Waals surface area contributed by atoms with Crippen LogP contribution in [-0.2, 0) is 14.3 Å². The van der Waals surface area contributed by atoms with E-state index in [1.54, 1.807) is 0 Å². The van der Waals surface area contributed by atoms with Crippen molar-refractivity contribution in [3.63, 3.8) is 0 Å². The van der Waals surface area contributed by atoms with E-state index in [-0.39, 0.29) is 24.9 Å². The number of nitrogens with one attached hydrogen (secondary N) is 1. The van der Waals surface area contributed by atoms with Gasteiger partial charge in [-0.15, -0.1) is 0 Å². The molecular formula is C14H28N2O4. The molecule has 0 fully saturated rings. The van der Waals surface area contributed by atoms with Crippen LogP contribution in [0, 0.1) is 11.8 Å².